The fourth-order valence-electron chi connectivity index (χ4n) is 3.82. The van der Waals surface area contributed by atoms with Crippen molar-refractivity contribution in [3.8, 4) is 11.5 Å². The number of ether oxygens (including phenoxy) is 2. The van der Waals surface area contributed by atoms with Gasteiger partial charge < -0.3 is 19.7 Å². The van der Waals surface area contributed by atoms with Crippen molar-refractivity contribution in [3.63, 3.8) is 0 Å². The Kier molecular flexibility index (Phi) is 6.01. The van der Waals surface area contributed by atoms with Crippen LogP contribution in [0.3, 0.4) is 0 Å². The van der Waals surface area contributed by atoms with Crippen LogP contribution in [-0.2, 0) is 9.53 Å². The Labute approximate surface area is 177 Å². The van der Waals surface area contributed by atoms with Crippen molar-refractivity contribution in [2.45, 2.75) is 19.9 Å². The van der Waals surface area contributed by atoms with Crippen LogP contribution < -0.4 is 10.1 Å². The summed E-state index contributed by atoms with van der Waals surface area (Å²) in [5.74, 6) is 2.14. The summed E-state index contributed by atoms with van der Waals surface area (Å²) in [4.78, 5) is 21.8. The minimum absolute atomic E-state index is 0.0110. The molecule has 30 heavy (non-hydrogen) atoms. The summed E-state index contributed by atoms with van der Waals surface area (Å²) in [7, 11) is 1.50. The van der Waals surface area contributed by atoms with Gasteiger partial charge in [-0.25, -0.2) is 4.99 Å². The van der Waals surface area contributed by atoms with Gasteiger partial charge in [-0.3, -0.25) is 9.69 Å². The Morgan fingerprint density at radius 2 is 1.90 bits per heavy atom. The van der Waals surface area contributed by atoms with Crippen LogP contribution >= 0.6 is 0 Å². The van der Waals surface area contributed by atoms with Crippen LogP contribution in [-0.4, -0.2) is 67.5 Å². The number of rotatable bonds is 4. The van der Waals surface area contributed by atoms with E-state index in [2.05, 4.69) is 29.0 Å². The van der Waals surface area contributed by atoms with Crippen molar-refractivity contribution in [1.29, 1.82) is 0 Å². The van der Waals surface area contributed by atoms with Crippen molar-refractivity contribution < 1.29 is 14.3 Å². The van der Waals surface area contributed by atoms with Gasteiger partial charge in [-0.15, -0.1) is 0 Å². The van der Waals surface area contributed by atoms with E-state index in [0.29, 0.717) is 11.7 Å². The predicted octanol–water partition coefficient (Wildman–Crippen LogP) is 3.48. The molecule has 0 unspecified atom stereocenters. The van der Waals surface area contributed by atoms with Crippen LogP contribution in [0.5, 0.6) is 11.5 Å². The number of amidine groups is 1. The highest BCUT2D eigenvalue weighted by atomic mass is 16.5. The second-order valence-electron chi connectivity index (χ2n) is 7.81. The fourth-order valence-corrected chi connectivity index (χ4v) is 3.82. The van der Waals surface area contributed by atoms with Crippen LogP contribution in [0.1, 0.15) is 19.4 Å². The molecule has 2 aliphatic heterocycles. The van der Waals surface area contributed by atoms with Crippen molar-refractivity contribution in [2.75, 3.05) is 45.2 Å². The molecular weight excluding hydrogens is 380 g/mol. The fraction of sp³-hybridized carbons (Fsp3) is 0.391. The summed E-state index contributed by atoms with van der Waals surface area (Å²) < 4.78 is 11.1. The zero-order valence-corrected chi connectivity index (χ0v) is 17.7. The van der Waals surface area contributed by atoms with Crippen LogP contribution in [0.15, 0.2) is 47.5 Å². The lowest BCUT2D eigenvalue weighted by atomic mass is 10.1. The lowest BCUT2D eigenvalue weighted by Crippen LogP contribution is -2.50. The number of aliphatic imine (C=N–C) groups is 1. The average molecular weight is 409 g/mol. The maximum atomic E-state index is 12.0. The standard InChI is InChI=1S/C23H28N4O3/c1-16(2)26-10-12-27(13-11-26)23-18-14-17(24-22(28)15-29-3)8-9-20(18)30-21-7-5-4-6-19(21)25-23/h4-9,14,16H,10-13,15H2,1-3H3,(H,24,28). The Hall–Kier alpha value is -2.90. The van der Waals surface area contributed by atoms with Crippen molar-refractivity contribution in [3.05, 3.63) is 48.0 Å². The van der Waals surface area contributed by atoms with Gasteiger partial charge in [0.05, 0.1) is 5.56 Å². The molecule has 2 aliphatic rings. The average Bonchev–Trinajstić information content (AvgIpc) is 2.90. The first kappa shape index (κ1) is 20.4. The highest BCUT2D eigenvalue weighted by Crippen LogP contribution is 2.39. The summed E-state index contributed by atoms with van der Waals surface area (Å²) in [6.45, 7) is 8.22. The highest BCUT2D eigenvalue weighted by molar-refractivity contribution is 6.05. The molecular formula is C23H28N4O3. The number of anilines is 1. The molecule has 1 amide bonds. The molecule has 7 nitrogen and oxygen atoms in total. The molecule has 0 saturated carbocycles. The first-order valence-corrected chi connectivity index (χ1v) is 10.3. The number of para-hydroxylation sites is 2. The van der Waals surface area contributed by atoms with Crippen molar-refractivity contribution >= 4 is 23.1 Å². The number of piperazine rings is 1. The van der Waals surface area contributed by atoms with Crippen LogP contribution in [0.4, 0.5) is 11.4 Å². The molecule has 2 aromatic carbocycles. The number of hydrogen-bond acceptors (Lipinski definition) is 6. The van der Waals surface area contributed by atoms with E-state index >= 15 is 0 Å². The van der Waals surface area contributed by atoms with E-state index in [1.165, 1.54) is 7.11 Å². The van der Waals surface area contributed by atoms with E-state index in [1.54, 1.807) is 0 Å². The van der Waals surface area contributed by atoms with E-state index in [1.807, 2.05) is 42.5 Å². The van der Waals surface area contributed by atoms with Gasteiger partial charge in [0.1, 0.15) is 23.9 Å². The third-order valence-electron chi connectivity index (χ3n) is 5.44. The molecule has 7 heteroatoms. The molecule has 1 N–H and O–H groups in total. The Morgan fingerprint density at radius 3 is 2.63 bits per heavy atom. The topological polar surface area (TPSA) is 66.4 Å². The zero-order valence-electron chi connectivity index (χ0n) is 17.7. The SMILES string of the molecule is COCC(=O)Nc1ccc2c(c1)C(N1CCN(C(C)C)CC1)=Nc1ccccc1O2. The van der Waals surface area contributed by atoms with Gasteiger partial charge in [-0.2, -0.15) is 0 Å². The van der Waals surface area contributed by atoms with E-state index in [9.17, 15) is 4.79 Å². The molecule has 0 radical (unpaired) electrons. The summed E-state index contributed by atoms with van der Waals surface area (Å²) in [6.07, 6.45) is 0. The number of carbonyl (C=O) groups excluding carboxylic acids is 1. The minimum atomic E-state index is -0.195. The van der Waals surface area contributed by atoms with E-state index in [0.717, 1.165) is 54.8 Å². The Bertz CT molecular complexity index is 949. The smallest absolute Gasteiger partial charge is 0.250 e. The first-order chi connectivity index (χ1) is 14.5. The third kappa shape index (κ3) is 4.32. The molecule has 1 fully saturated rings. The van der Waals surface area contributed by atoms with Crippen LogP contribution in [0.25, 0.3) is 0 Å². The maximum absolute atomic E-state index is 12.0. The van der Waals surface area contributed by atoms with Crippen LogP contribution in [0, 0.1) is 0 Å². The molecule has 4 rings (SSSR count). The number of benzene rings is 2. The highest BCUT2D eigenvalue weighted by Gasteiger charge is 2.27. The number of carbonyl (C=O) groups is 1. The maximum Gasteiger partial charge on any atom is 0.250 e. The molecule has 0 aromatic heterocycles. The lowest BCUT2D eigenvalue weighted by Gasteiger charge is -2.38. The van der Waals surface area contributed by atoms with Crippen molar-refractivity contribution in [2.24, 2.45) is 4.99 Å². The Balaban J connectivity index is 1.70. The van der Waals surface area contributed by atoms with Crippen LogP contribution in [0.2, 0.25) is 0 Å². The number of amides is 1. The van der Waals surface area contributed by atoms with Gasteiger partial charge in [0, 0.05) is 45.0 Å². The monoisotopic (exact) mass is 408 g/mol. The second kappa shape index (κ2) is 8.85. The van der Waals surface area contributed by atoms with E-state index < -0.39 is 0 Å². The lowest BCUT2D eigenvalue weighted by molar-refractivity contribution is -0.119. The number of nitrogens with one attached hydrogen (secondary N) is 1. The summed E-state index contributed by atoms with van der Waals surface area (Å²) in [5, 5.41) is 2.88. The molecule has 0 atom stereocenters. The zero-order chi connectivity index (χ0) is 21.1. The van der Waals surface area contributed by atoms with Crippen molar-refractivity contribution in [1.82, 2.24) is 9.80 Å². The van der Waals surface area contributed by atoms with Gasteiger partial charge in [0.2, 0.25) is 5.91 Å². The Morgan fingerprint density at radius 1 is 1.13 bits per heavy atom. The van der Waals surface area contributed by atoms with Gasteiger partial charge in [0.15, 0.2) is 5.75 Å². The van der Waals surface area contributed by atoms with Gasteiger partial charge >= 0.3 is 0 Å². The molecule has 1 saturated heterocycles. The number of fused-ring (bicyclic) bond motifs is 2. The van der Waals surface area contributed by atoms with E-state index in [4.69, 9.17) is 14.5 Å². The summed E-state index contributed by atoms with van der Waals surface area (Å²) in [6, 6.07) is 14.0. The quantitative estimate of drug-likeness (QED) is 0.839. The predicted molar refractivity (Wildman–Crippen MR) is 118 cm³/mol. The largest absolute Gasteiger partial charge is 0.454 e. The van der Waals surface area contributed by atoms with Gasteiger partial charge in [-0.1, -0.05) is 12.1 Å². The van der Waals surface area contributed by atoms with Gasteiger partial charge in [0.25, 0.3) is 0 Å². The third-order valence-corrected chi connectivity index (χ3v) is 5.44. The second-order valence-corrected chi connectivity index (χ2v) is 7.81. The molecule has 0 aliphatic carbocycles. The normalized spacial score (nSPS) is 16.3. The van der Waals surface area contributed by atoms with E-state index in [-0.39, 0.29) is 12.5 Å². The first-order valence-electron chi connectivity index (χ1n) is 10.3. The molecule has 158 valence electrons. The molecule has 0 spiro atoms. The number of methoxy groups -OCH3 is 1. The summed E-state index contributed by atoms with van der Waals surface area (Å²) in [5.41, 5.74) is 2.37. The minimum Gasteiger partial charge on any atom is -0.454 e. The molecule has 2 aromatic rings. The molecule has 0 bridgehead atoms. The number of hydrogen-bond donors (Lipinski definition) is 1. The number of nitrogens with zero attached hydrogens (tertiary/aromatic N) is 3. The summed E-state index contributed by atoms with van der Waals surface area (Å²) >= 11 is 0. The molecule has 2 heterocycles. The van der Waals surface area contributed by atoms with Gasteiger partial charge in [-0.05, 0) is 44.2 Å².